The van der Waals surface area contributed by atoms with Crippen LogP contribution in [-0.2, 0) is 10.0 Å². The summed E-state index contributed by atoms with van der Waals surface area (Å²) in [6.45, 7) is 2.58. The van der Waals surface area contributed by atoms with Crippen LogP contribution in [0, 0.1) is 5.82 Å². The van der Waals surface area contributed by atoms with Gasteiger partial charge in [0.1, 0.15) is 5.82 Å². The monoisotopic (exact) mass is 447 g/mol. The highest BCUT2D eigenvalue weighted by Crippen LogP contribution is 2.25. The van der Waals surface area contributed by atoms with Gasteiger partial charge in [0.15, 0.2) is 0 Å². The molecule has 0 bridgehead atoms. The first-order valence-corrected chi connectivity index (χ1v) is 11.7. The maximum absolute atomic E-state index is 13.6. The molecule has 1 aliphatic heterocycles. The van der Waals surface area contributed by atoms with E-state index in [9.17, 15) is 22.4 Å². The number of carbonyl (C=O) groups excluding carboxylic acids is 2. The number of nitrogens with one attached hydrogen (secondary N) is 2. The molecule has 1 heterocycles. The van der Waals surface area contributed by atoms with E-state index in [4.69, 9.17) is 0 Å². The van der Waals surface area contributed by atoms with Gasteiger partial charge in [0.05, 0.1) is 10.5 Å². The number of hydrogen-bond acceptors (Lipinski definition) is 4. The van der Waals surface area contributed by atoms with Gasteiger partial charge in [-0.25, -0.2) is 12.8 Å². The van der Waals surface area contributed by atoms with Gasteiger partial charge in [-0.15, -0.1) is 0 Å². The van der Waals surface area contributed by atoms with E-state index >= 15 is 0 Å². The molecule has 2 amide bonds. The van der Waals surface area contributed by atoms with Crippen molar-refractivity contribution in [3.8, 4) is 0 Å². The lowest BCUT2D eigenvalue weighted by atomic mass is 10.1. The molecule has 2 aromatic carbocycles. The summed E-state index contributed by atoms with van der Waals surface area (Å²) in [7, 11) is -3.68. The molecule has 2 aromatic rings. The quantitative estimate of drug-likeness (QED) is 0.638. The van der Waals surface area contributed by atoms with E-state index in [1.807, 2.05) is 6.92 Å². The lowest BCUT2D eigenvalue weighted by molar-refractivity contribution is 0.0925. The van der Waals surface area contributed by atoms with Crippen LogP contribution in [0.25, 0.3) is 0 Å². The normalized spacial score (nSPS) is 17.2. The number of halogens is 1. The Balaban J connectivity index is 1.58. The van der Waals surface area contributed by atoms with Crippen LogP contribution in [0.1, 0.15) is 46.9 Å². The zero-order chi connectivity index (χ0) is 22.4. The van der Waals surface area contributed by atoms with Crippen LogP contribution < -0.4 is 10.6 Å². The van der Waals surface area contributed by atoms with Crippen molar-refractivity contribution >= 4 is 21.8 Å². The molecule has 166 valence electrons. The van der Waals surface area contributed by atoms with E-state index < -0.39 is 27.7 Å². The van der Waals surface area contributed by atoms with Crippen LogP contribution in [-0.4, -0.2) is 50.2 Å². The fraction of sp³-hybridized carbons (Fsp3) is 0.364. The second-order valence-corrected chi connectivity index (χ2v) is 9.37. The molecular weight excluding hydrogens is 421 g/mol. The Kier molecular flexibility index (Phi) is 7.40. The molecule has 31 heavy (non-hydrogen) atoms. The summed E-state index contributed by atoms with van der Waals surface area (Å²) in [4.78, 5) is 24.5. The Labute approximate surface area is 181 Å². The van der Waals surface area contributed by atoms with Gasteiger partial charge < -0.3 is 10.6 Å². The zero-order valence-electron chi connectivity index (χ0n) is 17.3. The third-order valence-electron chi connectivity index (χ3n) is 5.26. The van der Waals surface area contributed by atoms with Crippen LogP contribution in [0.4, 0.5) is 4.39 Å². The molecule has 9 heteroatoms. The van der Waals surface area contributed by atoms with Gasteiger partial charge in [-0.1, -0.05) is 24.6 Å². The van der Waals surface area contributed by atoms with Crippen molar-refractivity contribution in [2.24, 2.45) is 0 Å². The summed E-state index contributed by atoms with van der Waals surface area (Å²) < 4.78 is 41.1. The highest BCUT2D eigenvalue weighted by Gasteiger charge is 2.31. The predicted octanol–water partition coefficient (Wildman–Crippen LogP) is 2.55. The van der Waals surface area contributed by atoms with Crippen LogP contribution in [0.5, 0.6) is 0 Å². The van der Waals surface area contributed by atoms with Crippen molar-refractivity contribution in [3.63, 3.8) is 0 Å². The second-order valence-electron chi connectivity index (χ2n) is 7.48. The minimum Gasteiger partial charge on any atom is -0.350 e. The first-order valence-electron chi connectivity index (χ1n) is 10.2. The number of hydrogen-bond donors (Lipinski definition) is 2. The number of nitrogens with zero attached hydrogens (tertiary/aromatic N) is 1. The number of sulfonamides is 1. The molecule has 0 radical (unpaired) electrons. The van der Waals surface area contributed by atoms with E-state index in [2.05, 4.69) is 10.6 Å². The van der Waals surface area contributed by atoms with Crippen molar-refractivity contribution in [2.75, 3.05) is 19.6 Å². The van der Waals surface area contributed by atoms with Crippen LogP contribution in [0.3, 0.4) is 0 Å². The van der Waals surface area contributed by atoms with Gasteiger partial charge in [-0.3, -0.25) is 9.59 Å². The Bertz CT molecular complexity index is 1060. The van der Waals surface area contributed by atoms with E-state index in [1.54, 1.807) is 6.07 Å². The van der Waals surface area contributed by atoms with Crippen molar-refractivity contribution < 1.29 is 22.4 Å². The highest BCUT2D eigenvalue weighted by molar-refractivity contribution is 7.89. The minimum atomic E-state index is -3.68. The summed E-state index contributed by atoms with van der Waals surface area (Å²) in [6, 6.07) is 11.5. The number of benzene rings is 2. The molecule has 7 nitrogen and oxygen atoms in total. The Morgan fingerprint density at radius 2 is 1.74 bits per heavy atom. The van der Waals surface area contributed by atoms with E-state index in [1.165, 1.54) is 46.8 Å². The molecule has 0 aromatic heterocycles. The SMILES string of the molecule is CC1CCCCN1S(=O)(=O)c1cccc(C(=O)NCCNC(=O)c2ccccc2F)c1. The molecule has 1 fully saturated rings. The lowest BCUT2D eigenvalue weighted by Gasteiger charge is -2.32. The Morgan fingerprint density at radius 1 is 1.03 bits per heavy atom. The van der Waals surface area contributed by atoms with Gasteiger partial charge in [0.25, 0.3) is 11.8 Å². The number of amides is 2. The van der Waals surface area contributed by atoms with Gasteiger partial charge >= 0.3 is 0 Å². The zero-order valence-corrected chi connectivity index (χ0v) is 18.1. The topological polar surface area (TPSA) is 95.6 Å². The minimum absolute atomic E-state index is 0.0707. The molecule has 1 unspecified atom stereocenters. The summed E-state index contributed by atoms with van der Waals surface area (Å²) in [5.41, 5.74) is 0.143. The van der Waals surface area contributed by atoms with Gasteiger partial charge in [0.2, 0.25) is 10.0 Å². The van der Waals surface area contributed by atoms with Crippen LogP contribution in [0.15, 0.2) is 53.4 Å². The molecule has 0 spiro atoms. The third-order valence-corrected chi connectivity index (χ3v) is 7.27. The molecule has 1 saturated heterocycles. The van der Waals surface area contributed by atoms with Crippen molar-refractivity contribution in [1.29, 1.82) is 0 Å². The predicted molar refractivity (Wildman–Crippen MR) is 115 cm³/mol. The number of rotatable bonds is 7. The first kappa shape index (κ1) is 22.9. The fourth-order valence-electron chi connectivity index (χ4n) is 3.56. The Morgan fingerprint density at radius 3 is 2.45 bits per heavy atom. The largest absolute Gasteiger partial charge is 0.350 e. The van der Waals surface area contributed by atoms with Crippen molar-refractivity contribution in [1.82, 2.24) is 14.9 Å². The average Bonchev–Trinajstić information content (AvgIpc) is 2.77. The summed E-state index contributed by atoms with van der Waals surface area (Å²) in [5.74, 6) is -1.65. The molecule has 0 saturated carbocycles. The fourth-order valence-corrected chi connectivity index (χ4v) is 5.30. The smallest absolute Gasteiger partial charge is 0.254 e. The van der Waals surface area contributed by atoms with Crippen LogP contribution in [0.2, 0.25) is 0 Å². The number of carbonyl (C=O) groups is 2. The standard InChI is InChI=1S/C22H26FN3O4S/c1-16-7-4-5-14-26(16)31(29,30)18-9-6-8-17(15-18)21(27)24-12-13-25-22(28)19-10-2-3-11-20(19)23/h2-3,6,8-11,15-16H,4-5,7,12-14H2,1H3,(H,24,27)(H,25,28). The first-order chi connectivity index (χ1) is 14.8. The summed E-state index contributed by atoms with van der Waals surface area (Å²) in [5, 5.41) is 5.17. The van der Waals surface area contributed by atoms with Gasteiger partial charge in [0, 0.05) is 31.2 Å². The molecule has 0 aliphatic carbocycles. The Hall–Kier alpha value is -2.78. The van der Waals surface area contributed by atoms with Crippen molar-refractivity contribution in [2.45, 2.75) is 37.1 Å². The van der Waals surface area contributed by atoms with E-state index in [0.717, 1.165) is 19.3 Å². The molecule has 1 atom stereocenters. The maximum atomic E-state index is 13.6. The summed E-state index contributed by atoms with van der Waals surface area (Å²) >= 11 is 0. The van der Waals surface area contributed by atoms with E-state index in [0.29, 0.717) is 6.54 Å². The molecular formula is C22H26FN3O4S. The molecule has 3 rings (SSSR count). The lowest BCUT2D eigenvalue weighted by Crippen LogP contribution is -2.42. The maximum Gasteiger partial charge on any atom is 0.254 e. The summed E-state index contributed by atoms with van der Waals surface area (Å²) in [6.07, 6.45) is 2.64. The second kappa shape index (κ2) is 10.0. The van der Waals surface area contributed by atoms with Crippen LogP contribution >= 0.6 is 0 Å². The third kappa shape index (κ3) is 5.48. The van der Waals surface area contributed by atoms with E-state index in [-0.39, 0.29) is 35.2 Å². The number of piperidine rings is 1. The van der Waals surface area contributed by atoms with Crippen molar-refractivity contribution in [3.05, 3.63) is 65.5 Å². The van der Waals surface area contributed by atoms with Gasteiger partial charge in [-0.2, -0.15) is 4.31 Å². The molecule has 1 aliphatic rings. The van der Waals surface area contributed by atoms with Gasteiger partial charge in [-0.05, 0) is 50.1 Å². The molecule has 2 N–H and O–H groups in total. The highest BCUT2D eigenvalue weighted by atomic mass is 32.2. The average molecular weight is 448 g/mol.